The van der Waals surface area contributed by atoms with Gasteiger partial charge >= 0.3 is 0 Å². The maximum atomic E-state index is 9.91. The van der Waals surface area contributed by atoms with Crippen molar-refractivity contribution in [1.29, 1.82) is 5.26 Å². The van der Waals surface area contributed by atoms with E-state index < -0.39 is 0 Å². The van der Waals surface area contributed by atoms with E-state index >= 15 is 0 Å². The van der Waals surface area contributed by atoms with Gasteiger partial charge in [-0.25, -0.2) is 0 Å². The van der Waals surface area contributed by atoms with Crippen molar-refractivity contribution in [2.75, 3.05) is 34.4 Å². The molecule has 31 heavy (non-hydrogen) atoms. The fourth-order valence-electron chi connectivity index (χ4n) is 4.12. The highest BCUT2D eigenvalue weighted by Crippen LogP contribution is 2.45. The summed E-state index contributed by atoms with van der Waals surface area (Å²) in [6.45, 7) is 1.36. The number of nitriles is 1. The Morgan fingerprint density at radius 2 is 1.65 bits per heavy atom. The van der Waals surface area contributed by atoms with E-state index in [0.29, 0.717) is 12.1 Å². The predicted molar refractivity (Wildman–Crippen MR) is 119 cm³/mol. The molecule has 0 amide bonds. The second kappa shape index (κ2) is 8.58. The van der Waals surface area contributed by atoms with Gasteiger partial charge in [-0.05, 0) is 48.0 Å². The van der Waals surface area contributed by atoms with Crippen molar-refractivity contribution in [2.24, 2.45) is 5.73 Å². The average molecular weight is 415 g/mol. The van der Waals surface area contributed by atoms with Gasteiger partial charge < -0.3 is 19.9 Å². The van der Waals surface area contributed by atoms with Gasteiger partial charge in [-0.2, -0.15) is 5.26 Å². The van der Waals surface area contributed by atoms with Crippen LogP contribution in [0.1, 0.15) is 17.0 Å². The highest BCUT2D eigenvalue weighted by molar-refractivity contribution is 5.66. The number of nitrogens with two attached hydrogens (primary N) is 1. The summed E-state index contributed by atoms with van der Waals surface area (Å²) in [6, 6.07) is 17.9. The minimum atomic E-state index is -0.294. The summed E-state index contributed by atoms with van der Waals surface area (Å²) in [5.74, 6) is 2.23. The molecular formula is C25H25N3O3. The molecule has 6 heteroatoms. The summed E-state index contributed by atoms with van der Waals surface area (Å²) in [4.78, 5) is 2.17. The zero-order valence-corrected chi connectivity index (χ0v) is 17.9. The third kappa shape index (κ3) is 4.00. The molecule has 2 aromatic carbocycles. The van der Waals surface area contributed by atoms with Crippen molar-refractivity contribution in [2.45, 2.75) is 5.92 Å². The van der Waals surface area contributed by atoms with Crippen LogP contribution in [0.15, 0.2) is 76.9 Å². The molecule has 0 aromatic heterocycles. The van der Waals surface area contributed by atoms with Crippen LogP contribution in [0, 0.1) is 11.3 Å². The molecule has 2 N–H and O–H groups in total. The average Bonchev–Trinajstić information content (AvgIpc) is 2.78. The van der Waals surface area contributed by atoms with Gasteiger partial charge in [0.2, 0.25) is 5.88 Å². The molecule has 0 bridgehead atoms. The molecule has 1 unspecified atom stereocenters. The molecule has 0 spiro atoms. The van der Waals surface area contributed by atoms with E-state index in [1.165, 1.54) is 0 Å². The van der Waals surface area contributed by atoms with E-state index in [4.69, 9.17) is 19.9 Å². The van der Waals surface area contributed by atoms with Crippen LogP contribution in [-0.2, 0) is 4.74 Å². The van der Waals surface area contributed by atoms with Crippen molar-refractivity contribution in [3.8, 4) is 17.6 Å². The van der Waals surface area contributed by atoms with Crippen LogP contribution in [0.4, 0.5) is 0 Å². The number of hydrogen-bond donors (Lipinski definition) is 1. The summed E-state index contributed by atoms with van der Waals surface area (Å²) >= 11 is 0. The predicted octanol–water partition coefficient (Wildman–Crippen LogP) is 3.79. The lowest BCUT2D eigenvalue weighted by Crippen LogP contribution is -2.35. The third-order valence-corrected chi connectivity index (χ3v) is 5.60. The molecule has 2 aliphatic heterocycles. The van der Waals surface area contributed by atoms with Crippen LogP contribution in [0.25, 0.3) is 6.08 Å². The standard InChI is InChI=1S/C25H25N3O3/c1-28-14-18(12-16-4-8-19(29-2)9-5-16)24-22(15-28)31-25(27)21(13-26)23(24)17-6-10-20(30-3)11-7-17/h4-12,23H,14-15,27H2,1-3H3. The summed E-state index contributed by atoms with van der Waals surface area (Å²) in [6.07, 6.45) is 2.14. The van der Waals surface area contributed by atoms with E-state index in [9.17, 15) is 5.26 Å². The Morgan fingerprint density at radius 1 is 1.03 bits per heavy atom. The molecule has 2 aromatic rings. The molecule has 1 atom stereocenters. The molecule has 0 aliphatic carbocycles. The lowest BCUT2D eigenvalue weighted by atomic mass is 9.78. The SMILES string of the molecule is COc1ccc(C=C2CN(C)CC3=C2C(c2ccc(OC)cc2)C(C#N)=C(N)O3)cc1. The van der Waals surface area contributed by atoms with Crippen molar-refractivity contribution >= 4 is 6.08 Å². The minimum absolute atomic E-state index is 0.168. The van der Waals surface area contributed by atoms with Crippen LogP contribution >= 0.6 is 0 Å². The Bertz CT molecular complexity index is 1110. The molecular weight excluding hydrogens is 390 g/mol. The Hall–Kier alpha value is -3.69. The van der Waals surface area contributed by atoms with Crippen LogP contribution in [0.2, 0.25) is 0 Å². The smallest absolute Gasteiger partial charge is 0.205 e. The maximum Gasteiger partial charge on any atom is 0.205 e. The van der Waals surface area contributed by atoms with Gasteiger partial charge in [-0.3, -0.25) is 4.90 Å². The van der Waals surface area contributed by atoms with Crippen molar-refractivity contribution in [3.63, 3.8) is 0 Å². The number of hydrogen-bond acceptors (Lipinski definition) is 6. The first-order valence-corrected chi connectivity index (χ1v) is 10.0. The first-order valence-electron chi connectivity index (χ1n) is 10.0. The second-order valence-corrected chi connectivity index (χ2v) is 7.65. The van der Waals surface area contributed by atoms with Gasteiger partial charge in [-0.15, -0.1) is 0 Å². The summed E-state index contributed by atoms with van der Waals surface area (Å²) in [7, 11) is 5.33. The Kier molecular flexibility index (Phi) is 5.70. The summed E-state index contributed by atoms with van der Waals surface area (Å²) in [5, 5.41) is 9.91. The molecule has 2 heterocycles. The number of likely N-dealkylation sites (N-methyl/N-ethyl adjacent to an activating group) is 1. The molecule has 0 fully saturated rings. The normalized spacial score (nSPS) is 20.2. The quantitative estimate of drug-likeness (QED) is 0.818. The van der Waals surface area contributed by atoms with Crippen LogP contribution < -0.4 is 15.2 Å². The fraction of sp³-hybridized carbons (Fsp3) is 0.240. The molecule has 4 rings (SSSR count). The van der Waals surface area contributed by atoms with Crippen molar-refractivity contribution in [3.05, 3.63) is 88.0 Å². The number of allylic oxidation sites excluding steroid dienone is 1. The number of methoxy groups -OCH3 is 2. The molecule has 2 aliphatic rings. The number of ether oxygens (including phenoxy) is 3. The second-order valence-electron chi connectivity index (χ2n) is 7.65. The van der Waals surface area contributed by atoms with E-state index in [1.54, 1.807) is 14.2 Å². The van der Waals surface area contributed by atoms with Gasteiger partial charge in [0.05, 0.1) is 26.7 Å². The zero-order chi connectivity index (χ0) is 22.0. The van der Waals surface area contributed by atoms with Gasteiger partial charge in [0.1, 0.15) is 28.9 Å². The third-order valence-electron chi connectivity index (χ3n) is 5.60. The highest BCUT2D eigenvalue weighted by atomic mass is 16.5. The Balaban J connectivity index is 1.84. The zero-order valence-electron chi connectivity index (χ0n) is 17.9. The fourth-order valence-corrected chi connectivity index (χ4v) is 4.12. The van der Waals surface area contributed by atoms with Crippen LogP contribution in [0.3, 0.4) is 0 Å². The van der Waals surface area contributed by atoms with E-state index in [0.717, 1.165) is 46.1 Å². The number of nitrogens with zero attached hydrogens (tertiary/aromatic N) is 2. The Labute approximate surface area is 182 Å². The Morgan fingerprint density at radius 3 is 2.23 bits per heavy atom. The lowest BCUT2D eigenvalue weighted by Gasteiger charge is -2.37. The highest BCUT2D eigenvalue weighted by Gasteiger charge is 2.37. The summed E-state index contributed by atoms with van der Waals surface area (Å²) in [5.41, 5.74) is 10.7. The van der Waals surface area contributed by atoms with Crippen molar-refractivity contribution in [1.82, 2.24) is 4.90 Å². The van der Waals surface area contributed by atoms with Gasteiger partial charge in [-0.1, -0.05) is 30.3 Å². The maximum absolute atomic E-state index is 9.91. The molecule has 0 radical (unpaired) electrons. The molecule has 0 saturated carbocycles. The largest absolute Gasteiger partial charge is 0.497 e. The van der Waals surface area contributed by atoms with Crippen LogP contribution in [-0.4, -0.2) is 39.3 Å². The molecule has 0 saturated heterocycles. The van der Waals surface area contributed by atoms with Gasteiger partial charge in [0, 0.05) is 12.1 Å². The first-order chi connectivity index (χ1) is 15.0. The monoisotopic (exact) mass is 415 g/mol. The van der Waals surface area contributed by atoms with E-state index in [-0.39, 0.29) is 11.8 Å². The molecule has 158 valence electrons. The first kappa shape index (κ1) is 20.6. The van der Waals surface area contributed by atoms with Gasteiger partial charge in [0.15, 0.2) is 0 Å². The number of rotatable bonds is 4. The minimum Gasteiger partial charge on any atom is -0.497 e. The number of benzene rings is 2. The van der Waals surface area contributed by atoms with Gasteiger partial charge in [0.25, 0.3) is 0 Å². The van der Waals surface area contributed by atoms with Crippen molar-refractivity contribution < 1.29 is 14.2 Å². The lowest BCUT2D eigenvalue weighted by molar-refractivity contribution is 0.220. The molecule has 6 nitrogen and oxygen atoms in total. The summed E-state index contributed by atoms with van der Waals surface area (Å²) < 4.78 is 16.5. The van der Waals surface area contributed by atoms with E-state index in [1.807, 2.05) is 55.6 Å². The van der Waals surface area contributed by atoms with E-state index in [2.05, 4.69) is 17.0 Å². The topological polar surface area (TPSA) is 80.7 Å². The van der Waals surface area contributed by atoms with Crippen LogP contribution in [0.5, 0.6) is 11.5 Å².